The van der Waals surface area contributed by atoms with Gasteiger partial charge in [-0.1, -0.05) is 85.9 Å². The molecule has 0 aliphatic heterocycles. The molecule has 21 heavy (non-hydrogen) atoms. The van der Waals surface area contributed by atoms with E-state index in [1.54, 1.807) is 4.92 Å². The van der Waals surface area contributed by atoms with E-state index in [2.05, 4.69) is 91.7 Å². The van der Waals surface area contributed by atoms with E-state index in [-0.39, 0.29) is 0 Å². The summed E-state index contributed by atoms with van der Waals surface area (Å²) in [6, 6.07) is 26.6. The first-order valence-electron chi connectivity index (χ1n) is 7.43. The van der Waals surface area contributed by atoms with Crippen LogP contribution in [0, 0.1) is 0 Å². The third-order valence-corrected chi connectivity index (χ3v) is 11.1. The Morgan fingerprint density at radius 1 is 0.714 bits per heavy atom. The van der Waals surface area contributed by atoms with E-state index >= 15 is 0 Å². The molecule has 1 atom stereocenters. The minimum Gasteiger partial charge on any atom is -0.141 e. The topological polar surface area (TPSA) is 0 Å². The predicted octanol–water partition coefficient (Wildman–Crippen LogP) is 5.00. The molecule has 3 aromatic rings. The van der Waals surface area contributed by atoms with Crippen LogP contribution in [-0.2, 0) is 0 Å². The van der Waals surface area contributed by atoms with Gasteiger partial charge in [-0.2, -0.15) is 0 Å². The quantitative estimate of drug-likeness (QED) is 0.595. The van der Waals surface area contributed by atoms with Crippen LogP contribution < -0.4 is 4.92 Å². The molecular formula is C19H21PSi. The van der Waals surface area contributed by atoms with Crippen molar-refractivity contribution in [1.82, 2.24) is 0 Å². The van der Waals surface area contributed by atoms with Crippen molar-refractivity contribution >= 4 is 21.2 Å². The molecule has 0 bridgehead atoms. The van der Waals surface area contributed by atoms with Crippen LogP contribution in [0.4, 0.5) is 0 Å². The minimum absolute atomic E-state index is 0.526. The van der Waals surface area contributed by atoms with E-state index in [4.69, 9.17) is 0 Å². The standard InChI is InChI=1S/C19H21PSi/c1-21(2,18-14-9-15-20-18)19(16-10-5-3-6-11-16)17-12-7-4-8-13-17/h3-15,19-20H,1-2H3. The lowest BCUT2D eigenvalue weighted by Gasteiger charge is -2.33. The first-order valence-corrected chi connectivity index (χ1v) is 11.6. The van der Waals surface area contributed by atoms with Gasteiger partial charge in [0.05, 0.1) is 8.07 Å². The van der Waals surface area contributed by atoms with Gasteiger partial charge in [0.25, 0.3) is 0 Å². The van der Waals surface area contributed by atoms with E-state index < -0.39 is 8.07 Å². The number of hydrogen-bond acceptors (Lipinski definition) is 0. The average molecular weight is 308 g/mol. The van der Waals surface area contributed by atoms with Crippen LogP contribution in [0.15, 0.2) is 78.6 Å². The Morgan fingerprint density at radius 2 is 1.24 bits per heavy atom. The Kier molecular flexibility index (Phi) is 4.14. The second kappa shape index (κ2) is 6.05. The van der Waals surface area contributed by atoms with Crippen LogP contribution in [-0.4, -0.2) is 8.07 Å². The molecule has 0 spiro atoms. The van der Waals surface area contributed by atoms with Crippen molar-refractivity contribution in [1.29, 1.82) is 0 Å². The predicted molar refractivity (Wildman–Crippen MR) is 97.8 cm³/mol. The van der Waals surface area contributed by atoms with E-state index in [9.17, 15) is 0 Å². The highest BCUT2D eigenvalue weighted by Gasteiger charge is 2.36. The lowest BCUT2D eigenvalue weighted by atomic mass is 10.0. The Morgan fingerprint density at radius 3 is 1.67 bits per heavy atom. The number of hydrogen-bond donors (Lipinski definition) is 0. The third-order valence-electron chi connectivity index (χ3n) is 4.28. The number of benzene rings is 2. The van der Waals surface area contributed by atoms with Crippen molar-refractivity contribution in [2.75, 3.05) is 0 Å². The Balaban J connectivity index is 2.13. The summed E-state index contributed by atoms with van der Waals surface area (Å²) >= 11 is 0. The van der Waals surface area contributed by atoms with Gasteiger partial charge in [-0.05, 0) is 21.8 Å². The lowest BCUT2D eigenvalue weighted by Crippen LogP contribution is -2.46. The summed E-state index contributed by atoms with van der Waals surface area (Å²) in [4.78, 5) is 1.68. The van der Waals surface area contributed by atoms with Gasteiger partial charge in [-0.3, -0.25) is 0 Å². The maximum atomic E-state index is 2.52. The Hall–Kier alpha value is -1.56. The zero-order valence-electron chi connectivity index (χ0n) is 12.6. The largest absolute Gasteiger partial charge is 0.141 e. The molecule has 1 heterocycles. The average Bonchev–Trinajstić information content (AvgIpc) is 3.04. The summed E-state index contributed by atoms with van der Waals surface area (Å²) < 4.78 is 0. The van der Waals surface area contributed by atoms with Crippen molar-refractivity contribution < 1.29 is 0 Å². The fourth-order valence-electron chi connectivity index (χ4n) is 3.20. The molecule has 106 valence electrons. The lowest BCUT2D eigenvalue weighted by molar-refractivity contribution is 1.09. The molecule has 0 saturated heterocycles. The highest BCUT2D eigenvalue weighted by Crippen LogP contribution is 2.34. The van der Waals surface area contributed by atoms with Crippen molar-refractivity contribution in [3.8, 4) is 0 Å². The maximum Gasteiger partial charge on any atom is 0.0973 e. The molecule has 0 fully saturated rings. The zero-order valence-corrected chi connectivity index (χ0v) is 14.6. The monoisotopic (exact) mass is 308 g/mol. The van der Waals surface area contributed by atoms with Crippen LogP contribution in [0.3, 0.4) is 0 Å². The van der Waals surface area contributed by atoms with E-state index in [0.29, 0.717) is 5.54 Å². The second-order valence-electron chi connectivity index (χ2n) is 6.06. The molecule has 1 aromatic heterocycles. The molecule has 1 unspecified atom stereocenters. The second-order valence-corrected chi connectivity index (χ2v) is 12.3. The summed E-state index contributed by atoms with van der Waals surface area (Å²) in [5, 5.41) is 0. The first-order chi connectivity index (χ1) is 10.2. The van der Waals surface area contributed by atoms with Crippen LogP contribution in [0.25, 0.3) is 0 Å². The molecule has 0 aliphatic carbocycles. The van der Waals surface area contributed by atoms with Crippen LogP contribution in [0.1, 0.15) is 16.7 Å². The van der Waals surface area contributed by atoms with Crippen LogP contribution in [0.5, 0.6) is 0 Å². The molecular weight excluding hydrogens is 287 g/mol. The summed E-state index contributed by atoms with van der Waals surface area (Å²) in [5.41, 5.74) is 3.44. The Bertz CT molecular complexity index is 633. The minimum atomic E-state index is -1.57. The van der Waals surface area contributed by atoms with Gasteiger partial charge in [-0.15, -0.1) is 8.19 Å². The van der Waals surface area contributed by atoms with Gasteiger partial charge in [0, 0.05) is 5.54 Å². The maximum absolute atomic E-state index is 2.52. The summed E-state index contributed by atoms with van der Waals surface area (Å²) in [5.74, 6) is 2.32. The van der Waals surface area contributed by atoms with Crippen molar-refractivity contribution in [3.63, 3.8) is 0 Å². The first kappa shape index (κ1) is 14.4. The van der Waals surface area contributed by atoms with Gasteiger partial charge in [0.2, 0.25) is 0 Å². The van der Waals surface area contributed by atoms with E-state index in [0.717, 1.165) is 8.19 Å². The Labute approximate surface area is 130 Å². The van der Waals surface area contributed by atoms with Crippen LogP contribution in [0.2, 0.25) is 13.1 Å². The molecule has 0 N–H and O–H groups in total. The molecule has 0 saturated carbocycles. The van der Waals surface area contributed by atoms with Gasteiger partial charge >= 0.3 is 0 Å². The normalized spacial score (nSPS) is 12.1. The SMILES string of the molecule is C[Si](C)(c1ccc[pH]1)C(c1ccccc1)c1ccccc1. The van der Waals surface area contributed by atoms with E-state index in [1.807, 2.05) is 0 Å². The summed E-state index contributed by atoms with van der Waals surface area (Å²) in [6.07, 6.45) is 0. The molecule has 2 aromatic carbocycles. The van der Waals surface area contributed by atoms with Crippen LogP contribution >= 0.6 is 8.19 Å². The van der Waals surface area contributed by atoms with Gasteiger partial charge < -0.3 is 0 Å². The molecule has 3 rings (SSSR count). The number of rotatable bonds is 4. The zero-order chi connectivity index (χ0) is 14.7. The smallest absolute Gasteiger partial charge is 0.0973 e. The summed E-state index contributed by atoms with van der Waals surface area (Å²) in [7, 11) is -0.694. The molecule has 0 nitrogen and oxygen atoms in total. The fourth-order valence-corrected chi connectivity index (χ4v) is 8.83. The molecule has 0 radical (unpaired) electrons. The van der Waals surface area contributed by atoms with Gasteiger partial charge in [-0.25, -0.2) is 0 Å². The molecule has 0 amide bonds. The fraction of sp³-hybridized carbons (Fsp3) is 0.158. The third kappa shape index (κ3) is 2.90. The van der Waals surface area contributed by atoms with Crippen molar-refractivity contribution in [2.24, 2.45) is 0 Å². The summed E-state index contributed by atoms with van der Waals surface area (Å²) in [6.45, 7) is 5.03. The highest BCUT2D eigenvalue weighted by atomic mass is 31.0. The molecule has 2 heteroatoms. The van der Waals surface area contributed by atoms with Gasteiger partial charge in [0.15, 0.2) is 0 Å². The van der Waals surface area contributed by atoms with Crippen molar-refractivity contribution in [2.45, 2.75) is 18.6 Å². The van der Waals surface area contributed by atoms with E-state index in [1.165, 1.54) is 11.1 Å². The molecule has 0 aliphatic rings. The van der Waals surface area contributed by atoms with Gasteiger partial charge in [0.1, 0.15) is 0 Å². The van der Waals surface area contributed by atoms with Crippen molar-refractivity contribution in [3.05, 3.63) is 89.7 Å². The highest BCUT2D eigenvalue weighted by molar-refractivity contribution is 7.41.